The largest absolute Gasteiger partial charge is 0.350 e. The van der Waals surface area contributed by atoms with Crippen LogP contribution >= 0.6 is 11.6 Å². The Bertz CT molecular complexity index is 761. The van der Waals surface area contributed by atoms with Crippen LogP contribution in [0.25, 0.3) is 0 Å². The highest BCUT2D eigenvalue weighted by Gasteiger charge is 2.48. The zero-order valence-electron chi connectivity index (χ0n) is 14.2. The van der Waals surface area contributed by atoms with Crippen LogP contribution in [0.2, 0.25) is 5.02 Å². The summed E-state index contributed by atoms with van der Waals surface area (Å²) in [6.07, 6.45) is 1.00. The van der Waals surface area contributed by atoms with Crippen LogP contribution in [0.15, 0.2) is 54.6 Å². The first-order valence-electron chi connectivity index (χ1n) is 8.36. The summed E-state index contributed by atoms with van der Waals surface area (Å²) in [4.78, 5) is 26.9. The zero-order valence-corrected chi connectivity index (χ0v) is 14.9. The summed E-state index contributed by atoms with van der Waals surface area (Å²) in [7, 11) is 0. The summed E-state index contributed by atoms with van der Waals surface area (Å²) in [5.74, 6) is -0.128. The van der Waals surface area contributed by atoms with E-state index in [4.69, 9.17) is 11.6 Å². The molecule has 2 aromatic carbocycles. The molecular weight excluding hydrogens is 336 g/mol. The van der Waals surface area contributed by atoms with Crippen molar-refractivity contribution in [3.8, 4) is 0 Å². The third kappa shape index (κ3) is 3.85. The maximum atomic E-state index is 12.6. The molecule has 1 saturated heterocycles. The van der Waals surface area contributed by atoms with Crippen molar-refractivity contribution in [3.63, 3.8) is 0 Å². The van der Waals surface area contributed by atoms with E-state index in [1.54, 1.807) is 17.0 Å². The first kappa shape index (κ1) is 17.5. The molecule has 4 nitrogen and oxygen atoms in total. The number of nitrogens with one attached hydrogen (secondary N) is 1. The molecule has 5 heteroatoms. The van der Waals surface area contributed by atoms with Crippen LogP contribution in [-0.4, -0.2) is 28.8 Å². The first-order valence-corrected chi connectivity index (χ1v) is 8.74. The third-order valence-corrected chi connectivity index (χ3v) is 5.02. The lowest BCUT2D eigenvalue weighted by atomic mass is 9.84. The molecule has 130 valence electrons. The highest BCUT2D eigenvalue weighted by atomic mass is 35.5. The molecule has 0 radical (unpaired) electrons. The van der Waals surface area contributed by atoms with Crippen LogP contribution in [0.3, 0.4) is 0 Å². The Morgan fingerprint density at radius 3 is 2.36 bits per heavy atom. The van der Waals surface area contributed by atoms with E-state index in [9.17, 15) is 9.59 Å². The van der Waals surface area contributed by atoms with Gasteiger partial charge >= 0.3 is 0 Å². The van der Waals surface area contributed by atoms with Gasteiger partial charge in [0, 0.05) is 18.1 Å². The van der Waals surface area contributed by atoms with Gasteiger partial charge in [0.05, 0.1) is 6.42 Å². The van der Waals surface area contributed by atoms with Crippen molar-refractivity contribution in [2.24, 2.45) is 0 Å². The normalized spacial score (nSPS) is 19.2. The molecule has 1 fully saturated rings. The van der Waals surface area contributed by atoms with E-state index in [0.717, 1.165) is 11.1 Å². The lowest BCUT2D eigenvalue weighted by Gasteiger charge is -2.49. The number of likely N-dealkylation sites (tertiary alicyclic amines) is 1. The van der Waals surface area contributed by atoms with Crippen molar-refractivity contribution in [1.29, 1.82) is 0 Å². The summed E-state index contributed by atoms with van der Waals surface area (Å²) in [6, 6.07) is 17.0. The van der Waals surface area contributed by atoms with Crippen LogP contribution in [0.1, 0.15) is 24.5 Å². The number of rotatable bonds is 5. The van der Waals surface area contributed by atoms with E-state index >= 15 is 0 Å². The first-order chi connectivity index (χ1) is 12.0. The molecule has 3 rings (SSSR count). The van der Waals surface area contributed by atoms with Crippen LogP contribution < -0.4 is 5.32 Å². The predicted octanol–water partition coefficient (Wildman–Crippen LogP) is 3.19. The minimum Gasteiger partial charge on any atom is -0.350 e. The van der Waals surface area contributed by atoms with E-state index in [-0.39, 0.29) is 11.8 Å². The fourth-order valence-corrected chi connectivity index (χ4v) is 3.16. The van der Waals surface area contributed by atoms with Crippen LogP contribution in [0, 0.1) is 0 Å². The molecule has 0 saturated carbocycles. The molecule has 25 heavy (non-hydrogen) atoms. The standard InChI is InChI=1S/C20H21ClN2O2/c1-20(19(25)22-14-16-7-9-17(21)10-8-16)11-12-23(20)18(24)13-15-5-3-2-4-6-15/h2-10H,11-14H2,1H3,(H,22,25). The Balaban J connectivity index is 1.59. The van der Waals surface area contributed by atoms with Gasteiger partial charge in [0.15, 0.2) is 0 Å². The molecule has 1 aliphatic heterocycles. The lowest BCUT2D eigenvalue weighted by Crippen LogP contribution is -2.67. The molecule has 1 atom stereocenters. The monoisotopic (exact) mass is 356 g/mol. The Labute approximate surface area is 152 Å². The van der Waals surface area contributed by atoms with Gasteiger partial charge in [0.1, 0.15) is 5.54 Å². The fourth-order valence-electron chi connectivity index (χ4n) is 3.04. The van der Waals surface area contributed by atoms with E-state index < -0.39 is 5.54 Å². The second-order valence-corrected chi connectivity index (χ2v) is 6.98. The van der Waals surface area contributed by atoms with Gasteiger partial charge in [0.2, 0.25) is 11.8 Å². The van der Waals surface area contributed by atoms with Crippen LogP contribution in [0.4, 0.5) is 0 Å². The quantitative estimate of drug-likeness (QED) is 0.894. The highest BCUT2D eigenvalue weighted by Crippen LogP contribution is 2.31. The van der Waals surface area contributed by atoms with Crippen molar-refractivity contribution in [2.75, 3.05) is 6.54 Å². The Morgan fingerprint density at radius 2 is 1.76 bits per heavy atom. The Kier molecular flexibility index (Phi) is 5.09. The number of halogens is 1. The highest BCUT2D eigenvalue weighted by molar-refractivity contribution is 6.30. The molecule has 2 amide bonds. The topological polar surface area (TPSA) is 49.4 Å². The molecule has 1 unspecified atom stereocenters. The number of carbonyl (C=O) groups is 2. The molecule has 0 aliphatic carbocycles. The Hall–Kier alpha value is -2.33. The van der Waals surface area contributed by atoms with Gasteiger partial charge in [0.25, 0.3) is 0 Å². The minimum atomic E-state index is -0.766. The smallest absolute Gasteiger partial charge is 0.246 e. The van der Waals surface area contributed by atoms with E-state index in [1.807, 2.05) is 49.4 Å². The molecule has 2 aromatic rings. The molecule has 0 aromatic heterocycles. The predicted molar refractivity (Wildman–Crippen MR) is 98.2 cm³/mol. The van der Waals surface area contributed by atoms with Crippen molar-refractivity contribution >= 4 is 23.4 Å². The van der Waals surface area contributed by atoms with Crippen LogP contribution in [0.5, 0.6) is 0 Å². The van der Waals surface area contributed by atoms with Crippen molar-refractivity contribution in [3.05, 3.63) is 70.7 Å². The number of amides is 2. The van der Waals surface area contributed by atoms with Gasteiger partial charge in [-0.05, 0) is 36.6 Å². The molecule has 1 heterocycles. The summed E-state index contributed by atoms with van der Waals surface area (Å²) in [5.41, 5.74) is 1.17. The van der Waals surface area contributed by atoms with Crippen molar-refractivity contribution in [1.82, 2.24) is 10.2 Å². The van der Waals surface area contributed by atoms with Gasteiger partial charge in [-0.1, -0.05) is 54.1 Å². The minimum absolute atomic E-state index is 0.0124. The zero-order chi connectivity index (χ0) is 17.9. The van der Waals surface area contributed by atoms with Gasteiger partial charge in [-0.2, -0.15) is 0 Å². The Morgan fingerprint density at radius 1 is 1.08 bits per heavy atom. The average molecular weight is 357 g/mol. The lowest BCUT2D eigenvalue weighted by molar-refractivity contribution is -0.157. The average Bonchev–Trinajstić information content (AvgIpc) is 2.60. The summed E-state index contributed by atoms with van der Waals surface area (Å²) in [5, 5.41) is 3.60. The maximum Gasteiger partial charge on any atom is 0.246 e. The fraction of sp³-hybridized carbons (Fsp3) is 0.300. The summed E-state index contributed by atoms with van der Waals surface area (Å²) >= 11 is 5.87. The number of nitrogens with zero attached hydrogens (tertiary/aromatic N) is 1. The van der Waals surface area contributed by atoms with E-state index in [0.29, 0.717) is 31.0 Å². The van der Waals surface area contributed by atoms with Crippen LogP contribution in [-0.2, 0) is 22.6 Å². The van der Waals surface area contributed by atoms with Gasteiger partial charge in [-0.3, -0.25) is 9.59 Å². The third-order valence-electron chi connectivity index (χ3n) is 4.77. The number of hydrogen-bond acceptors (Lipinski definition) is 2. The van der Waals surface area contributed by atoms with Gasteiger partial charge in [-0.15, -0.1) is 0 Å². The second-order valence-electron chi connectivity index (χ2n) is 6.54. The molecule has 1 aliphatic rings. The maximum absolute atomic E-state index is 12.6. The number of hydrogen-bond donors (Lipinski definition) is 1. The van der Waals surface area contributed by atoms with Gasteiger partial charge < -0.3 is 10.2 Å². The van der Waals surface area contributed by atoms with E-state index in [1.165, 1.54) is 0 Å². The van der Waals surface area contributed by atoms with Crippen molar-refractivity contribution in [2.45, 2.75) is 31.8 Å². The molecular formula is C20H21ClN2O2. The number of carbonyl (C=O) groups excluding carboxylic acids is 2. The van der Waals surface area contributed by atoms with E-state index in [2.05, 4.69) is 5.32 Å². The molecule has 0 spiro atoms. The molecule has 1 N–H and O–H groups in total. The summed E-state index contributed by atoms with van der Waals surface area (Å²) < 4.78 is 0. The van der Waals surface area contributed by atoms with Crippen molar-refractivity contribution < 1.29 is 9.59 Å². The second kappa shape index (κ2) is 7.28. The SMILES string of the molecule is CC1(C(=O)NCc2ccc(Cl)cc2)CCN1C(=O)Cc1ccccc1. The summed E-state index contributed by atoms with van der Waals surface area (Å²) in [6.45, 7) is 2.87. The van der Waals surface area contributed by atoms with Gasteiger partial charge in [-0.25, -0.2) is 0 Å². The number of benzene rings is 2. The molecule has 0 bridgehead atoms.